The number of halogens is 2. The molecule has 3 N–H and O–H groups in total. The van der Waals surface area contributed by atoms with Gasteiger partial charge in [-0.15, -0.1) is 0 Å². The Labute approximate surface area is 138 Å². The minimum atomic E-state index is -0.180. The average molecular weight is 337 g/mol. The summed E-state index contributed by atoms with van der Waals surface area (Å²) in [6.45, 7) is 1.14. The standard InChI is InChI=1S/C15H14Cl2N4O/c16-12-2-1-11(6-13(12)17)20-15(22)21-4-3-9-5-14(18)19-7-10(9)8-21/h1-2,5-7H,3-4,8H2,(H2,18,19)(H,20,22). The van der Waals surface area contributed by atoms with Gasteiger partial charge in [-0.1, -0.05) is 23.2 Å². The normalized spacial score (nSPS) is 13.6. The molecule has 0 bridgehead atoms. The van der Waals surface area contributed by atoms with E-state index in [0.29, 0.717) is 34.6 Å². The van der Waals surface area contributed by atoms with Gasteiger partial charge in [0.05, 0.1) is 10.0 Å². The molecular weight excluding hydrogens is 323 g/mol. The second-order valence-corrected chi connectivity index (χ2v) is 5.92. The topological polar surface area (TPSA) is 71.2 Å². The monoisotopic (exact) mass is 336 g/mol. The minimum absolute atomic E-state index is 0.180. The summed E-state index contributed by atoms with van der Waals surface area (Å²) in [6.07, 6.45) is 2.49. The van der Waals surface area contributed by atoms with Gasteiger partial charge in [-0.05, 0) is 41.8 Å². The number of rotatable bonds is 1. The molecule has 0 spiro atoms. The number of nitrogens with zero attached hydrogens (tertiary/aromatic N) is 2. The molecule has 114 valence electrons. The van der Waals surface area contributed by atoms with Gasteiger partial charge in [-0.3, -0.25) is 0 Å². The highest BCUT2D eigenvalue weighted by molar-refractivity contribution is 6.42. The summed E-state index contributed by atoms with van der Waals surface area (Å²) in [5.41, 5.74) is 8.45. The van der Waals surface area contributed by atoms with Crippen LogP contribution in [0.3, 0.4) is 0 Å². The molecule has 0 saturated carbocycles. The van der Waals surface area contributed by atoms with Gasteiger partial charge in [0, 0.05) is 25.0 Å². The molecule has 1 aromatic carbocycles. The minimum Gasteiger partial charge on any atom is -0.384 e. The van der Waals surface area contributed by atoms with Gasteiger partial charge in [-0.25, -0.2) is 9.78 Å². The predicted octanol–water partition coefficient (Wildman–Crippen LogP) is 3.56. The zero-order chi connectivity index (χ0) is 15.7. The van der Waals surface area contributed by atoms with Crippen molar-refractivity contribution in [1.29, 1.82) is 0 Å². The molecule has 2 amide bonds. The Morgan fingerprint density at radius 3 is 2.82 bits per heavy atom. The number of hydrogen-bond acceptors (Lipinski definition) is 3. The molecule has 0 fully saturated rings. The predicted molar refractivity (Wildman–Crippen MR) is 88.2 cm³/mol. The maximum Gasteiger partial charge on any atom is 0.322 e. The van der Waals surface area contributed by atoms with Gasteiger partial charge in [0.15, 0.2) is 0 Å². The number of carbonyl (C=O) groups excluding carboxylic acids is 1. The van der Waals surface area contributed by atoms with Crippen LogP contribution in [0, 0.1) is 0 Å². The number of benzene rings is 1. The number of fused-ring (bicyclic) bond motifs is 1. The van der Waals surface area contributed by atoms with E-state index in [1.54, 1.807) is 29.3 Å². The van der Waals surface area contributed by atoms with Crippen LogP contribution in [-0.2, 0) is 13.0 Å². The Morgan fingerprint density at radius 1 is 1.23 bits per heavy atom. The fourth-order valence-corrected chi connectivity index (χ4v) is 2.71. The zero-order valence-electron chi connectivity index (χ0n) is 11.6. The van der Waals surface area contributed by atoms with Crippen molar-refractivity contribution in [1.82, 2.24) is 9.88 Å². The van der Waals surface area contributed by atoms with Gasteiger partial charge in [0.25, 0.3) is 0 Å². The lowest BCUT2D eigenvalue weighted by Crippen LogP contribution is -2.39. The maximum atomic E-state index is 12.3. The first-order chi connectivity index (χ1) is 10.5. The van der Waals surface area contributed by atoms with E-state index < -0.39 is 0 Å². The lowest BCUT2D eigenvalue weighted by atomic mass is 10.0. The van der Waals surface area contributed by atoms with Crippen LogP contribution in [0.15, 0.2) is 30.5 Å². The number of nitrogen functional groups attached to an aromatic ring is 1. The summed E-state index contributed by atoms with van der Waals surface area (Å²) in [5.74, 6) is 0.507. The molecular formula is C15H14Cl2N4O. The molecule has 2 heterocycles. The largest absolute Gasteiger partial charge is 0.384 e. The Balaban J connectivity index is 1.71. The Bertz CT molecular complexity index is 735. The number of urea groups is 1. The van der Waals surface area contributed by atoms with E-state index in [-0.39, 0.29) is 6.03 Å². The molecule has 1 aliphatic heterocycles. The second kappa shape index (κ2) is 6.02. The smallest absolute Gasteiger partial charge is 0.322 e. The summed E-state index contributed by atoms with van der Waals surface area (Å²) in [6, 6.07) is 6.68. The van der Waals surface area contributed by atoms with E-state index in [1.165, 1.54) is 0 Å². The van der Waals surface area contributed by atoms with Crippen molar-refractivity contribution >= 4 is 40.7 Å². The third-order valence-corrected chi connectivity index (χ3v) is 4.31. The average Bonchev–Trinajstić information content (AvgIpc) is 2.50. The number of pyridine rings is 1. The lowest BCUT2D eigenvalue weighted by molar-refractivity contribution is 0.206. The van der Waals surface area contributed by atoms with Crippen LogP contribution < -0.4 is 11.1 Å². The maximum absolute atomic E-state index is 12.3. The van der Waals surface area contributed by atoms with Crippen molar-refractivity contribution in [2.75, 3.05) is 17.6 Å². The summed E-state index contributed by atoms with van der Waals surface area (Å²) in [7, 11) is 0. The first-order valence-electron chi connectivity index (χ1n) is 6.77. The summed E-state index contributed by atoms with van der Waals surface area (Å²) in [4.78, 5) is 18.1. The summed E-state index contributed by atoms with van der Waals surface area (Å²) < 4.78 is 0. The van der Waals surface area contributed by atoms with Crippen LogP contribution in [0.5, 0.6) is 0 Å². The fraction of sp³-hybridized carbons (Fsp3) is 0.200. The van der Waals surface area contributed by atoms with Crippen molar-refractivity contribution in [2.24, 2.45) is 0 Å². The molecule has 1 aliphatic rings. The van der Waals surface area contributed by atoms with Crippen molar-refractivity contribution < 1.29 is 4.79 Å². The van der Waals surface area contributed by atoms with Gasteiger partial charge >= 0.3 is 6.03 Å². The fourth-order valence-electron chi connectivity index (χ4n) is 2.41. The molecule has 0 atom stereocenters. The number of hydrogen-bond donors (Lipinski definition) is 2. The Morgan fingerprint density at radius 2 is 2.05 bits per heavy atom. The Kier molecular flexibility index (Phi) is 4.09. The van der Waals surface area contributed by atoms with E-state index in [0.717, 1.165) is 17.5 Å². The Hall–Kier alpha value is -1.98. The number of amides is 2. The highest BCUT2D eigenvalue weighted by atomic mass is 35.5. The molecule has 7 heteroatoms. The van der Waals surface area contributed by atoms with Gasteiger partial charge in [-0.2, -0.15) is 0 Å². The molecule has 0 aliphatic carbocycles. The molecule has 0 radical (unpaired) electrons. The number of nitrogens with one attached hydrogen (secondary N) is 1. The third kappa shape index (κ3) is 3.10. The summed E-state index contributed by atoms with van der Waals surface area (Å²) >= 11 is 11.8. The molecule has 1 aromatic heterocycles. The van der Waals surface area contributed by atoms with E-state index in [4.69, 9.17) is 28.9 Å². The quantitative estimate of drug-likeness (QED) is 0.836. The summed E-state index contributed by atoms with van der Waals surface area (Å²) in [5, 5.41) is 3.68. The number of anilines is 2. The second-order valence-electron chi connectivity index (χ2n) is 5.11. The van der Waals surface area contributed by atoms with Crippen molar-refractivity contribution in [3.05, 3.63) is 51.6 Å². The number of nitrogens with two attached hydrogens (primary N) is 1. The van der Waals surface area contributed by atoms with E-state index in [9.17, 15) is 4.79 Å². The molecule has 0 saturated heterocycles. The van der Waals surface area contributed by atoms with Crippen molar-refractivity contribution in [3.8, 4) is 0 Å². The first kappa shape index (κ1) is 14.9. The molecule has 3 rings (SSSR count). The molecule has 2 aromatic rings. The van der Waals surface area contributed by atoms with Crippen molar-refractivity contribution in [2.45, 2.75) is 13.0 Å². The van der Waals surface area contributed by atoms with Gasteiger partial charge in [0.2, 0.25) is 0 Å². The lowest BCUT2D eigenvalue weighted by Gasteiger charge is -2.28. The van der Waals surface area contributed by atoms with E-state index in [1.807, 2.05) is 6.07 Å². The molecule has 0 unspecified atom stereocenters. The van der Waals surface area contributed by atoms with E-state index >= 15 is 0 Å². The SMILES string of the molecule is Nc1cc2c(cn1)CN(C(=O)Nc1ccc(Cl)c(Cl)c1)CC2. The molecule has 22 heavy (non-hydrogen) atoms. The van der Waals surface area contributed by atoms with Crippen LogP contribution in [0.25, 0.3) is 0 Å². The van der Waals surface area contributed by atoms with Gasteiger partial charge in [0.1, 0.15) is 5.82 Å². The van der Waals surface area contributed by atoms with Crippen LogP contribution in [-0.4, -0.2) is 22.5 Å². The van der Waals surface area contributed by atoms with Crippen LogP contribution >= 0.6 is 23.2 Å². The highest BCUT2D eigenvalue weighted by Crippen LogP contribution is 2.26. The highest BCUT2D eigenvalue weighted by Gasteiger charge is 2.21. The van der Waals surface area contributed by atoms with Gasteiger partial charge < -0.3 is 16.0 Å². The zero-order valence-corrected chi connectivity index (χ0v) is 13.2. The first-order valence-corrected chi connectivity index (χ1v) is 7.53. The van der Waals surface area contributed by atoms with Crippen LogP contribution in [0.2, 0.25) is 10.0 Å². The van der Waals surface area contributed by atoms with Crippen molar-refractivity contribution in [3.63, 3.8) is 0 Å². The van der Waals surface area contributed by atoms with E-state index in [2.05, 4.69) is 10.3 Å². The number of carbonyl (C=O) groups is 1. The third-order valence-electron chi connectivity index (χ3n) is 3.57. The molecule has 5 nitrogen and oxygen atoms in total. The number of aromatic nitrogens is 1. The van der Waals surface area contributed by atoms with Crippen LogP contribution in [0.4, 0.5) is 16.3 Å². The van der Waals surface area contributed by atoms with Crippen LogP contribution in [0.1, 0.15) is 11.1 Å².